The van der Waals surface area contributed by atoms with Crippen molar-refractivity contribution >= 4 is 45.6 Å². The summed E-state index contributed by atoms with van der Waals surface area (Å²) in [4.78, 5) is 23.5. The molecule has 0 aromatic heterocycles. The van der Waals surface area contributed by atoms with Crippen LogP contribution in [0, 0.1) is 0 Å². The molecule has 2 aromatic carbocycles. The summed E-state index contributed by atoms with van der Waals surface area (Å²) in [7, 11) is 0. The lowest BCUT2D eigenvalue weighted by Gasteiger charge is -2.07. The fraction of sp³-hybridized carbons (Fsp3) is 0.0667. The van der Waals surface area contributed by atoms with E-state index in [1.54, 1.807) is 18.2 Å². The van der Waals surface area contributed by atoms with E-state index in [0.717, 1.165) is 21.3 Å². The van der Waals surface area contributed by atoms with Gasteiger partial charge in [0.25, 0.3) is 0 Å². The lowest BCUT2D eigenvalue weighted by Crippen LogP contribution is -2.14. The fourth-order valence-corrected chi connectivity index (χ4v) is 2.72. The van der Waals surface area contributed by atoms with Gasteiger partial charge in [0.15, 0.2) is 0 Å². The smallest absolute Gasteiger partial charge is 0.234 e. The lowest BCUT2D eigenvalue weighted by atomic mass is 10.2. The van der Waals surface area contributed by atoms with Crippen molar-refractivity contribution in [1.29, 1.82) is 0 Å². The molecule has 5 heteroatoms. The summed E-state index contributed by atoms with van der Waals surface area (Å²) in [5.74, 6) is 0.210. The first-order valence-electron chi connectivity index (χ1n) is 5.91. The highest BCUT2D eigenvalue weighted by Crippen LogP contribution is 2.23. The number of hydrogen-bond acceptors (Lipinski definition) is 3. The molecule has 20 heavy (non-hydrogen) atoms. The number of nitrogens with one attached hydrogen (secondary N) is 1. The summed E-state index contributed by atoms with van der Waals surface area (Å²) in [6, 6.07) is 14.6. The number of para-hydroxylation sites is 1. The SMILES string of the molecule is O=Cc1cccc(SCC(=O)Nc2ccccc2Br)c1. The molecule has 0 radical (unpaired) electrons. The molecule has 2 aromatic rings. The molecular formula is C15H12BrNO2S. The second-order valence-corrected chi connectivity index (χ2v) is 5.91. The highest BCUT2D eigenvalue weighted by Gasteiger charge is 2.06. The minimum atomic E-state index is -0.0848. The van der Waals surface area contributed by atoms with E-state index in [0.29, 0.717) is 11.3 Å². The van der Waals surface area contributed by atoms with Gasteiger partial charge in [-0.2, -0.15) is 0 Å². The number of carbonyl (C=O) groups excluding carboxylic acids is 2. The van der Waals surface area contributed by atoms with Crippen LogP contribution in [0.4, 0.5) is 5.69 Å². The van der Waals surface area contributed by atoms with Gasteiger partial charge in [-0.1, -0.05) is 24.3 Å². The molecular weight excluding hydrogens is 338 g/mol. The molecule has 0 aliphatic rings. The van der Waals surface area contributed by atoms with Crippen LogP contribution in [0.5, 0.6) is 0 Å². The van der Waals surface area contributed by atoms with Crippen molar-refractivity contribution in [2.45, 2.75) is 4.90 Å². The van der Waals surface area contributed by atoms with Gasteiger partial charge in [-0.15, -0.1) is 11.8 Å². The largest absolute Gasteiger partial charge is 0.324 e. The summed E-state index contributed by atoms with van der Waals surface area (Å²) < 4.78 is 0.848. The normalized spacial score (nSPS) is 10.1. The van der Waals surface area contributed by atoms with Crippen LogP contribution < -0.4 is 5.32 Å². The molecule has 0 atom stereocenters. The maximum absolute atomic E-state index is 11.9. The molecule has 0 aliphatic heterocycles. The van der Waals surface area contributed by atoms with Gasteiger partial charge in [0.1, 0.15) is 6.29 Å². The summed E-state index contributed by atoms with van der Waals surface area (Å²) >= 11 is 4.78. The van der Waals surface area contributed by atoms with Gasteiger partial charge in [-0.25, -0.2) is 0 Å². The monoisotopic (exact) mass is 349 g/mol. The zero-order valence-electron chi connectivity index (χ0n) is 10.5. The van der Waals surface area contributed by atoms with Crippen molar-refractivity contribution in [3.63, 3.8) is 0 Å². The molecule has 0 unspecified atom stereocenters. The first-order valence-corrected chi connectivity index (χ1v) is 7.69. The number of halogens is 1. The third-order valence-electron chi connectivity index (χ3n) is 2.51. The Balaban J connectivity index is 1.92. The van der Waals surface area contributed by atoms with Crippen molar-refractivity contribution in [2.24, 2.45) is 0 Å². The highest BCUT2D eigenvalue weighted by atomic mass is 79.9. The van der Waals surface area contributed by atoms with Crippen molar-refractivity contribution < 1.29 is 9.59 Å². The standard InChI is InChI=1S/C15H12BrNO2S/c16-13-6-1-2-7-14(13)17-15(19)10-20-12-5-3-4-11(8-12)9-18/h1-9H,10H2,(H,17,19). The van der Waals surface area contributed by atoms with Crippen LogP contribution in [0.3, 0.4) is 0 Å². The number of amides is 1. The second kappa shape index (κ2) is 7.26. The zero-order chi connectivity index (χ0) is 14.4. The van der Waals surface area contributed by atoms with Crippen molar-refractivity contribution in [1.82, 2.24) is 0 Å². The maximum atomic E-state index is 11.9. The summed E-state index contributed by atoms with van der Waals surface area (Å²) in [5.41, 5.74) is 1.36. The molecule has 0 bridgehead atoms. The quantitative estimate of drug-likeness (QED) is 0.655. The molecule has 3 nitrogen and oxygen atoms in total. The molecule has 0 spiro atoms. The van der Waals surface area contributed by atoms with Gasteiger partial charge < -0.3 is 5.32 Å². The molecule has 1 amide bonds. The van der Waals surface area contributed by atoms with Gasteiger partial charge in [-0.3, -0.25) is 9.59 Å². The summed E-state index contributed by atoms with van der Waals surface area (Å²) in [5, 5.41) is 2.83. The Labute approximate surface area is 129 Å². The summed E-state index contributed by atoms with van der Waals surface area (Å²) in [6.45, 7) is 0. The fourth-order valence-electron chi connectivity index (χ4n) is 1.58. The number of anilines is 1. The Kier molecular flexibility index (Phi) is 5.38. The van der Waals surface area contributed by atoms with Crippen molar-refractivity contribution in [3.05, 3.63) is 58.6 Å². The first-order chi connectivity index (χ1) is 9.69. The van der Waals surface area contributed by atoms with E-state index in [2.05, 4.69) is 21.2 Å². The van der Waals surface area contributed by atoms with Gasteiger partial charge in [-0.05, 0) is 40.2 Å². The van der Waals surface area contributed by atoms with Crippen molar-refractivity contribution in [2.75, 3.05) is 11.1 Å². The second-order valence-electron chi connectivity index (χ2n) is 4.01. The van der Waals surface area contributed by atoms with E-state index in [1.807, 2.05) is 30.3 Å². The van der Waals surface area contributed by atoms with E-state index < -0.39 is 0 Å². The molecule has 2 rings (SSSR count). The molecule has 102 valence electrons. The Bertz CT molecular complexity index is 631. The van der Waals surface area contributed by atoms with Crippen LogP contribution >= 0.6 is 27.7 Å². The highest BCUT2D eigenvalue weighted by molar-refractivity contribution is 9.10. The average Bonchev–Trinajstić information content (AvgIpc) is 2.48. The number of benzene rings is 2. The van der Waals surface area contributed by atoms with E-state index >= 15 is 0 Å². The lowest BCUT2D eigenvalue weighted by molar-refractivity contribution is -0.113. The van der Waals surface area contributed by atoms with E-state index in [-0.39, 0.29) is 5.91 Å². The summed E-state index contributed by atoms with van der Waals surface area (Å²) in [6.07, 6.45) is 0.797. The number of hydrogen-bond donors (Lipinski definition) is 1. The first kappa shape index (κ1) is 14.8. The van der Waals surface area contributed by atoms with Crippen molar-refractivity contribution in [3.8, 4) is 0 Å². The molecule has 0 saturated carbocycles. The van der Waals surface area contributed by atoms with Crippen LogP contribution in [0.25, 0.3) is 0 Å². The Hall–Kier alpha value is -1.59. The van der Waals surface area contributed by atoms with Crippen LogP contribution in [-0.4, -0.2) is 17.9 Å². The number of thioether (sulfide) groups is 1. The van der Waals surface area contributed by atoms with Crippen LogP contribution in [0.1, 0.15) is 10.4 Å². The number of carbonyl (C=O) groups is 2. The predicted molar refractivity (Wildman–Crippen MR) is 85.3 cm³/mol. The average molecular weight is 350 g/mol. The minimum Gasteiger partial charge on any atom is -0.324 e. The maximum Gasteiger partial charge on any atom is 0.234 e. The van der Waals surface area contributed by atoms with Crippen LogP contribution in [0.2, 0.25) is 0 Å². The minimum absolute atomic E-state index is 0.0848. The van der Waals surface area contributed by atoms with E-state index in [1.165, 1.54) is 11.8 Å². The zero-order valence-corrected chi connectivity index (χ0v) is 12.9. The Morgan fingerprint density at radius 3 is 2.75 bits per heavy atom. The Morgan fingerprint density at radius 1 is 1.20 bits per heavy atom. The third kappa shape index (κ3) is 4.21. The molecule has 0 heterocycles. The van der Waals surface area contributed by atoms with E-state index in [9.17, 15) is 9.59 Å². The van der Waals surface area contributed by atoms with E-state index in [4.69, 9.17) is 0 Å². The Morgan fingerprint density at radius 2 is 2.00 bits per heavy atom. The predicted octanol–water partition coefficient (Wildman–Crippen LogP) is 3.99. The van der Waals surface area contributed by atoms with Crippen LogP contribution in [-0.2, 0) is 4.79 Å². The van der Waals surface area contributed by atoms with Gasteiger partial charge in [0.05, 0.1) is 11.4 Å². The van der Waals surface area contributed by atoms with Gasteiger partial charge in [0, 0.05) is 14.9 Å². The van der Waals surface area contributed by atoms with Gasteiger partial charge >= 0.3 is 0 Å². The molecule has 1 N–H and O–H groups in total. The molecule has 0 fully saturated rings. The third-order valence-corrected chi connectivity index (χ3v) is 4.20. The molecule has 0 aliphatic carbocycles. The number of rotatable bonds is 5. The van der Waals surface area contributed by atoms with Crippen LogP contribution in [0.15, 0.2) is 57.9 Å². The molecule has 0 saturated heterocycles. The topological polar surface area (TPSA) is 46.2 Å². The number of aldehydes is 1. The van der Waals surface area contributed by atoms with Gasteiger partial charge in [0.2, 0.25) is 5.91 Å².